The molecule has 122 valence electrons. The Bertz CT molecular complexity index is 983. The summed E-state index contributed by atoms with van der Waals surface area (Å²) in [6.07, 6.45) is 0. The number of nitrogens with one attached hydrogen (secondary N) is 1. The van der Waals surface area contributed by atoms with Crippen molar-refractivity contribution in [3.8, 4) is 5.75 Å². The molecule has 3 aromatic rings. The molecule has 0 saturated carbocycles. The number of rotatable bonds is 3. The Balaban J connectivity index is 1.89. The van der Waals surface area contributed by atoms with Gasteiger partial charge in [0.15, 0.2) is 0 Å². The summed E-state index contributed by atoms with van der Waals surface area (Å²) in [4.78, 5) is -0.0150. The van der Waals surface area contributed by atoms with E-state index < -0.39 is 16.0 Å². The van der Waals surface area contributed by atoms with Crippen molar-refractivity contribution in [2.45, 2.75) is 4.90 Å². The van der Waals surface area contributed by atoms with E-state index in [0.29, 0.717) is 10.2 Å². The van der Waals surface area contributed by atoms with Gasteiger partial charge in [-0.15, -0.1) is 0 Å². The summed E-state index contributed by atoms with van der Waals surface area (Å²) >= 11 is 0. The third kappa shape index (κ3) is 2.94. The second-order valence-corrected chi connectivity index (χ2v) is 6.81. The van der Waals surface area contributed by atoms with Gasteiger partial charge in [-0.05, 0) is 23.6 Å². The van der Waals surface area contributed by atoms with Crippen molar-refractivity contribution in [3.63, 3.8) is 0 Å². The fraction of sp³-hybridized carbons (Fsp3) is 0. The average Bonchev–Trinajstić information content (AvgIpc) is 2.62. The Kier molecular flexibility index (Phi) is 4.20. The van der Waals surface area contributed by atoms with Crippen LogP contribution in [0.4, 0.5) is 0 Å². The molecule has 0 heterocycles. The van der Waals surface area contributed by atoms with Crippen LogP contribution >= 0.6 is 0 Å². The van der Waals surface area contributed by atoms with Gasteiger partial charge in [0, 0.05) is 5.39 Å². The van der Waals surface area contributed by atoms with Crippen LogP contribution in [-0.4, -0.2) is 18.9 Å². The molecule has 3 rings (SSSR count). The molecule has 6 nitrogen and oxygen atoms in total. The fourth-order valence-corrected chi connectivity index (χ4v) is 3.23. The van der Waals surface area contributed by atoms with Gasteiger partial charge in [0.05, 0.1) is 4.90 Å². The molecule has 3 N–H and O–H groups in total. The highest BCUT2D eigenvalue weighted by Crippen LogP contribution is 2.25. The fourth-order valence-electron chi connectivity index (χ4n) is 2.25. The number of sulfonamides is 1. The van der Waals surface area contributed by atoms with E-state index in [1.54, 1.807) is 30.3 Å². The van der Waals surface area contributed by atoms with E-state index in [4.69, 9.17) is 16.0 Å². The summed E-state index contributed by atoms with van der Waals surface area (Å²) in [5, 5.41) is 9.59. The lowest BCUT2D eigenvalue weighted by Crippen LogP contribution is -2.44. The minimum Gasteiger partial charge on any atom is -0.424 e. The zero-order chi connectivity index (χ0) is 17.2. The molecule has 0 spiro atoms. The Morgan fingerprint density at radius 3 is 2.29 bits per heavy atom. The maximum absolute atomic E-state index is 12.4. The first kappa shape index (κ1) is 16.0. The van der Waals surface area contributed by atoms with Gasteiger partial charge in [-0.3, -0.25) is 0 Å². The van der Waals surface area contributed by atoms with Crippen LogP contribution in [0.15, 0.2) is 77.7 Å². The summed E-state index contributed by atoms with van der Waals surface area (Å²) in [7, 11) is -4.05. The Labute approximate surface area is 139 Å². The zero-order valence-corrected chi connectivity index (χ0v) is 13.4. The summed E-state index contributed by atoms with van der Waals surface area (Å²) in [5.41, 5.74) is 0. The highest BCUT2D eigenvalue weighted by molar-refractivity contribution is 7.89. The molecule has 7 heteroatoms. The van der Waals surface area contributed by atoms with E-state index in [1.165, 1.54) is 12.1 Å². The first-order chi connectivity index (χ1) is 11.5. The SMILES string of the molecule is N=C(Oc1cccc2ccccc12)N(N)S(=O)(=O)c1ccccc1. The molecule has 0 aromatic heterocycles. The number of hydrogen-bond acceptors (Lipinski definition) is 5. The molecule has 0 fully saturated rings. The summed E-state index contributed by atoms with van der Waals surface area (Å²) < 4.78 is 30.5. The van der Waals surface area contributed by atoms with Crippen LogP contribution in [0.25, 0.3) is 10.8 Å². The maximum Gasteiger partial charge on any atom is 0.319 e. The third-order valence-corrected chi connectivity index (χ3v) is 5.01. The minimum atomic E-state index is -4.05. The number of amidine groups is 1. The molecule has 0 aliphatic carbocycles. The summed E-state index contributed by atoms with van der Waals surface area (Å²) in [6.45, 7) is 0. The van der Waals surface area contributed by atoms with Crippen molar-refractivity contribution in [1.29, 1.82) is 5.41 Å². The molecular formula is C17H15N3O3S. The van der Waals surface area contributed by atoms with Gasteiger partial charge >= 0.3 is 6.02 Å². The molecular weight excluding hydrogens is 326 g/mol. The number of ether oxygens (including phenoxy) is 1. The molecule has 0 aliphatic rings. The highest BCUT2D eigenvalue weighted by atomic mass is 32.2. The maximum atomic E-state index is 12.4. The van der Waals surface area contributed by atoms with Crippen LogP contribution in [0.1, 0.15) is 0 Å². The molecule has 0 aliphatic heterocycles. The number of nitrogens with two attached hydrogens (primary N) is 1. The van der Waals surface area contributed by atoms with Gasteiger partial charge in [-0.1, -0.05) is 54.6 Å². The second-order valence-electron chi connectivity index (χ2n) is 5.00. The van der Waals surface area contributed by atoms with Gasteiger partial charge in [0.25, 0.3) is 10.0 Å². The first-order valence-corrected chi connectivity index (χ1v) is 8.53. The van der Waals surface area contributed by atoms with Crippen molar-refractivity contribution >= 4 is 26.8 Å². The molecule has 24 heavy (non-hydrogen) atoms. The van der Waals surface area contributed by atoms with Crippen LogP contribution in [0.2, 0.25) is 0 Å². The lowest BCUT2D eigenvalue weighted by Gasteiger charge is -2.19. The lowest BCUT2D eigenvalue weighted by atomic mass is 10.1. The van der Waals surface area contributed by atoms with Crippen LogP contribution < -0.4 is 10.6 Å². The van der Waals surface area contributed by atoms with Crippen molar-refractivity contribution in [2.24, 2.45) is 5.84 Å². The predicted octanol–water partition coefficient (Wildman–Crippen LogP) is 2.72. The summed E-state index contributed by atoms with van der Waals surface area (Å²) in [6, 6.07) is 19.7. The molecule has 0 bridgehead atoms. The quantitative estimate of drug-likeness (QED) is 0.331. The third-order valence-electron chi connectivity index (χ3n) is 3.46. The summed E-state index contributed by atoms with van der Waals surface area (Å²) in [5.74, 6) is 5.97. The van der Waals surface area contributed by atoms with Crippen LogP contribution in [-0.2, 0) is 10.0 Å². The number of hydrogen-bond donors (Lipinski definition) is 2. The Hall–Kier alpha value is -2.90. The number of fused-ring (bicyclic) bond motifs is 1. The van der Waals surface area contributed by atoms with Crippen LogP contribution in [0.3, 0.4) is 0 Å². The van der Waals surface area contributed by atoms with Gasteiger partial charge in [-0.2, -0.15) is 12.8 Å². The van der Waals surface area contributed by atoms with Crippen molar-refractivity contribution < 1.29 is 13.2 Å². The van der Waals surface area contributed by atoms with Crippen LogP contribution in [0.5, 0.6) is 5.75 Å². The highest BCUT2D eigenvalue weighted by Gasteiger charge is 2.25. The second kappa shape index (κ2) is 6.31. The number of hydrazine groups is 1. The van der Waals surface area contributed by atoms with Crippen LogP contribution in [0, 0.1) is 5.41 Å². The van der Waals surface area contributed by atoms with Gasteiger partial charge in [-0.25, -0.2) is 11.3 Å². The standard InChI is InChI=1S/C17H15N3O3S/c18-17(20(19)24(21,22)14-9-2-1-3-10-14)23-16-12-6-8-13-7-4-5-11-15(13)16/h1-12,18H,19H2. The van der Waals surface area contributed by atoms with Crippen molar-refractivity contribution in [3.05, 3.63) is 72.8 Å². The Morgan fingerprint density at radius 1 is 0.917 bits per heavy atom. The molecule has 0 atom stereocenters. The van der Waals surface area contributed by atoms with Crippen molar-refractivity contribution in [1.82, 2.24) is 4.41 Å². The largest absolute Gasteiger partial charge is 0.424 e. The normalized spacial score (nSPS) is 11.2. The first-order valence-electron chi connectivity index (χ1n) is 7.09. The molecule has 0 saturated heterocycles. The zero-order valence-electron chi connectivity index (χ0n) is 12.6. The number of nitrogens with zero attached hydrogens (tertiary/aromatic N) is 1. The molecule has 0 amide bonds. The van der Waals surface area contributed by atoms with E-state index in [1.807, 2.05) is 30.3 Å². The Morgan fingerprint density at radius 2 is 1.54 bits per heavy atom. The number of benzene rings is 3. The smallest absolute Gasteiger partial charge is 0.319 e. The molecule has 3 aromatic carbocycles. The van der Waals surface area contributed by atoms with Gasteiger partial charge in [0.1, 0.15) is 5.75 Å². The molecule has 0 unspecified atom stereocenters. The van der Waals surface area contributed by atoms with E-state index in [9.17, 15) is 8.42 Å². The van der Waals surface area contributed by atoms with E-state index in [-0.39, 0.29) is 4.90 Å². The predicted molar refractivity (Wildman–Crippen MR) is 92.0 cm³/mol. The van der Waals surface area contributed by atoms with Gasteiger partial charge < -0.3 is 4.74 Å². The minimum absolute atomic E-state index is 0.0150. The monoisotopic (exact) mass is 341 g/mol. The van der Waals surface area contributed by atoms with E-state index >= 15 is 0 Å². The van der Waals surface area contributed by atoms with E-state index in [2.05, 4.69) is 0 Å². The average molecular weight is 341 g/mol. The molecule has 0 radical (unpaired) electrons. The topological polar surface area (TPSA) is 96.5 Å². The van der Waals surface area contributed by atoms with Gasteiger partial charge in [0.2, 0.25) is 0 Å². The van der Waals surface area contributed by atoms with Crippen molar-refractivity contribution in [2.75, 3.05) is 0 Å². The van der Waals surface area contributed by atoms with E-state index in [0.717, 1.165) is 10.8 Å². The lowest BCUT2D eigenvalue weighted by molar-refractivity contribution is 0.436.